The monoisotopic (exact) mass is 324 g/mol. The van der Waals surface area contributed by atoms with Crippen molar-refractivity contribution in [3.63, 3.8) is 0 Å². The molecule has 112 valence electrons. The highest BCUT2D eigenvalue weighted by molar-refractivity contribution is 6.31. The van der Waals surface area contributed by atoms with Gasteiger partial charge in [-0.15, -0.1) is 0 Å². The summed E-state index contributed by atoms with van der Waals surface area (Å²) in [7, 11) is 0. The number of rotatable bonds is 7. The summed E-state index contributed by atoms with van der Waals surface area (Å²) in [5.74, 6) is 0.822. The van der Waals surface area contributed by atoms with Crippen molar-refractivity contribution in [2.45, 2.75) is 26.6 Å². The van der Waals surface area contributed by atoms with E-state index in [1.165, 1.54) is 0 Å². The molecule has 0 atom stereocenters. The number of halogens is 2. The molecular formula is C16H18Cl2N2O. The number of benzene rings is 1. The van der Waals surface area contributed by atoms with Crippen molar-refractivity contribution < 1.29 is 4.74 Å². The molecule has 2 rings (SSSR count). The van der Waals surface area contributed by atoms with E-state index in [1.54, 1.807) is 0 Å². The standard InChI is InChI=1S/C16H18Cl2N2O/c1-2-8-19-16-7-6-14(18)15(20-16)11-21-10-12-4-3-5-13(17)9-12/h3-7,9H,2,8,10-11H2,1H3,(H,19,20). The smallest absolute Gasteiger partial charge is 0.126 e. The quantitative estimate of drug-likeness (QED) is 0.784. The van der Waals surface area contributed by atoms with Crippen LogP contribution in [0.2, 0.25) is 10.0 Å². The average molecular weight is 325 g/mol. The van der Waals surface area contributed by atoms with Crippen LogP contribution < -0.4 is 5.32 Å². The van der Waals surface area contributed by atoms with Crippen molar-refractivity contribution in [2.75, 3.05) is 11.9 Å². The van der Waals surface area contributed by atoms with Crippen molar-refractivity contribution in [3.05, 3.63) is 57.7 Å². The Bertz CT molecular complexity index is 590. The normalized spacial score (nSPS) is 10.6. The predicted octanol–water partition coefficient (Wildman–Crippen LogP) is 4.93. The van der Waals surface area contributed by atoms with Crippen LogP contribution in [0.15, 0.2) is 36.4 Å². The first kappa shape index (κ1) is 16.1. The molecule has 0 unspecified atom stereocenters. The molecular weight excluding hydrogens is 307 g/mol. The summed E-state index contributed by atoms with van der Waals surface area (Å²) in [5, 5.41) is 4.56. The molecule has 0 radical (unpaired) electrons. The minimum atomic E-state index is 0.368. The van der Waals surface area contributed by atoms with E-state index in [-0.39, 0.29) is 0 Å². The molecule has 5 heteroatoms. The van der Waals surface area contributed by atoms with Crippen molar-refractivity contribution >= 4 is 29.0 Å². The highest BCUT2D eigenvalue weighted by atomic mass is 35.5. The number of nitrogens with zero attached hydrogens (tertiary/aromatic N) is 1. The molecule has 0 aliphatic carbocycles. The highest BCUT2D eigenvalue weighted by Gasteiger charge is 2.05. The van der Waals surface area contributed by atoms with Crippen molar-refractivity contribution in [3.8, 4) is 0 Å². The molecule has 0 amide bonds. The van der Waals surface area contributed by atoms with Gasteiger partial charge in [0.05, 0.1) is 23.9 Å². The second-order valence-electron chi connectivity index (χ2n) is 4.67. The lowest BCUT2D eigenvalue weighted by Crippen LogP contribution is -2.04. The topological polar surface area (TPSA) is 34.1 Å². The highest BCUT2D eigenvalue weighted by Crippen LogP contribution is 2.18. The van der Waals surface area contributed by atoms with E-state index in [0.717, 1.165) is 30.0 Å². The molecule has 0 aliphatic heterocycles. The Balaban J connectivity index is 1.92. The minimum Gasteiger partial charge on any atom is -0.370 e. The third-order valence-corrected chi connectivity index (χ3v) is 3.45. The van der Waals surface area contributed by atoms with Gasteiger partial charge in [-0.3, -0.25) is 0 Å². The fourth-order valence-electron chi connectivity index (χ4n) is 1.83. The Kier molecular flexibility index (Phi) is 6.30. The fourth-order valence-corrected chi connectivity index (χ4v) is 2.20. The number of anilines is 1. The Hall–Kier alpha value is -1.29. The molecule has 0 spiro atoms. The van der Waals surface area contributed by atoms with Crippen molar-refractivity contribution in [1.82, 2.24) is 4.98 Å². The molecule has 1 heterocycles. The number of nitrogens with one attached hydrogen (secondary N) is 1. The lowest BCUT2D eigenvalue weighted by molar-refractivity contribution is 0.105. The summed E-state index contributed by atoms with van der Waals surface area (Å²) in [4.78, 5) is 4.46. The lowest BCUT2D eigenvalue weighted by Gasteiger charge is -2.09. The second kappa shape index (κ2) is 8.23. The summed E-state index contributed by atoms with van der Waals surface area (Å²) in [6, 6.07) is 11.3. The van der Waals surface area contributed by atoms with Crippen molar-refractivity contribution in [2.24, 2.45) is 0 Å². The maximum Gasteiger partial charge on any atom is 0.126 e. The zero-order chi connectivity index (χ0) is 15.1. The molecule has 1 aromatic heterocycles. The summed E-state index contributed by atoms with van der Waals surface area (Å²) >= 11 is 12.1. The van der Waals surface area contributed by atoms with Crippen LogP contribution in [0.25, 0.3) is 0 Å². The molecule has 2 aromatic rings. The summed E-state index contributed by atoms with van der Waals surface area (Å²) in [6.07, 6.45) is 1.05. The molecule has 0 saturated carbocycles. The predicted molar refractivity (Wildman–Crippen MR) is 88.0 cm³/mol. The SMILES string of the molecule is CCCNc1ccc(Cl)c(COCc2cccc(Cl)c2)n1. The molecule has 3 nitrogen and oxygen atoms in total. The van der Waals surface area contributed by atoms with Crippen LogP contribution in [0.4, 0.5) is 5.82 Å². The molecule has 0 fully saturated rings. The Labute approximate surface area is 135 Å². The second-order valence-corrected chi connectivity index (χ2v) is 5.52. The van der Waals surface area contributed by atoms with Gasteiger partial charge in [-0.25, -0.2) is 4.98 Å². The minimum absolute atomic E-state index is 0.368. The third kappa shape index (κ3) is 5.20. The first-order valence-corrected chi connectivity index (χ1v) is 7.66. The Morgan fingerprint density at radius 2 is 2.00 bits per heavy atom. The van der Waals surface area contributed by atoms with Crippen LogP contribution in [0.1, 0.15) is 24.6 Å². The van der Waals surface area contributed by atoms with Gasteiger partial charge in [0.15, 0.2) is 0 Å². The van der Waals surface area contributed by atoms with Gasteiger partial charge >= 0.3 is 0 Å². The van der Waals surface area contributed by atoms with Gasteiger partial charge in [0.25, 0.3) is 0 Å². The van der Waals surface area contributed by atoms with Crippen LogP contribution in [-0.2, 0) is 18.0 Å². The fraction of sp³-hybridized carbons (Fsp3) is 0.312. The maximum absolute atomic E-state index is 6.15. The molecule has 1 N–H and O–H groups in total. The van der Waals surface area contributed by atoms with Gasteiger partial charge in [0.2, 0.25) is 0 Å². The van der Waals surface area contributed by atoms with Crippen LogP contribution in [-0.4, -0.2) is 11.5 Å². The van der Waals surface area contributed by atoms with Gasteiger partial charge in [-0.1, -0.05) is 42.3 Å². The van der Waals surface area contributed by atoms with Crippen LogP contribution in [0, 0.1) is 0 Å². The van der Waals surface area contributed by atoms with Crippen LogP contribution >= 0.6 is 23.2 Å². The van der Waals surface area contributed by atoms with E-state index in [0.29, 0.717) is 23.3 Å². The number of hydrogen-bond donors (Lipinski definition) is 1. The van der Waals surface area contributed by atoms with E-state index in [9.17, 15) is 0 Å². The first-order valence-electron chi connectivity index (χ1n) is 6.90. The largest absolute Gasteiger partial charge is 0.370 e. The van der Waals surface area contributed by atoms with E-state index in [4.69, 9.17) is 27.9 Å². The molecule has 0 bridgehead atoms. The van der Waals surface area contributed by atoms with E-state index >= 15 is 0 Å². The molecule has 1 aromatic carbocycles. The van der Waals surface area contributed by atoms with Gasteiger partial charge in [-0.2, -0.15) is 0 Å². The van der Waals surface area contributed by atoms with Crippen molar-refractivity contribution in [1.29, 1.82) is 0 Å². The zero-order valence-corrected chi connectivity index (χ0v) is 13.4. The van der Waals surface area contributed by atoms with Gasteiger partial charge < -0.3 is 10.1 Å². The maximum atomic E-state index is 6.15. The van der Waals surface area contributed by atoms with Crippen LogP contribution in [0.3, 0.4) is 0 Å². The molecule has 0 saturated heterocycles. The first-order chi connectivity index (χ1) is 10.2. The molecule has 0 aliphatic rings. The van der Waals surface area contributed by atoms with Crippen LogP contribution in [0.5, 0.6) is 0 Å². The van der Waals surface area contributed by atoms with E-state index < -0.39 is 0 Å². The summed E-state index contributed by atoms with van der Waals surface area (Å²) in [6.45, 7) is 3.84. The zero-order valence-electron chi connectivity index (χ0n) is 11.9. The Morgan fingerprint density at radius 1 is 1.14 bits per heavy atom. The number of hydrogen-bond acceptors (Lipinski definition) is 3. The van der Waals surface area contributed by atoms with Gasteiger partial charge in [0, 0.05) is 11.6 Å². The Morgan fingerprint density at radius 3 is 2.76 bits per heavy atom. The van der Waals surface area contributed by atoms with E-state index in [1.807, 2.05) is 36.4 Å². The third-order valence-electron chi connectivity index (χ3n) is 2.87. The van der Waals surface area contributed by atoms with Gasteiger partial charge in [0.1, 0.15) is 5.82 Å². The molecule has 21 heavy (non-hydrogen) atoms. The summed E-state index contributed by atoms with van der Waals surface area (Å²) < 4.78 is 5.67. The van der Waals surface area contributed by atoms with E-state index in [2.05, 4.69) is 17.2 Å². The number of pyridine rings is 1. The lowest BCUT2D eigenvalue weighted by atomic mass is 10.2. The van der Waals surface area contributed by atoms with Gasteiger partial charge in [-0.05, 0) is 36.2 Å². The summed E-state index contributed by atoms with van der Waals surface area (Å²) in [5.41, 5.74) is 1.76. The number of aromatic nitrogens is 1. The number of ether oxygens (including phenoxy) is 1. The average Bonchev–Trinajstić information content (AvgIpc) is 2.48.